The minimum Gasteiger partial charge on any atom is -0.404 e. The van der Waals surface area contributed by atoms with E-state index in [1.807, 2.05) is 0 Å². The molecule has 0 N–H and O–H groups in total. The first kappa shape index (κ1) is 14.6. The molecule has 1 rings (SSSR count). The van der Waals surface area contributed by atoms with Gasteiger partial charge in [0.15, 0.2) is 5.75 Å². The van der Waals surface area contributed by atoms with Crippen molar-refractivity contribution in [1.29, 1.82) is 5.26 Å². The van der Waals surface area contributed by atoms with Gasteiger partial charge in [-0.25, -0.2) is 13.8 Å². The number of nitrogens with zero attached hydrogens (tertiary/aromatic N) is 2. The van der Waals surface area contributed by atoms with E-state index in [2.05, 4.69) is 25.7 Å². The average molecular weight is 331 g/mol. The van der Waals surface area contributed by atoms with Crippen LogP contribution in [0, 0.1) is 11.3 Å². The van der Waals surface area contributed by atoms with Crippen LogP contribution in [0.25, 0.3) is 0 Å². The number of aromatic nitrogens is 1. The molecule has 0 atom stereocenters. The Labute approximate surface area is 106 Å². The van der Waals surface area contributed by atoms with Crippen LogP contribution in [-0.4, -0.2) is 11.3 Å². The van der Waals surface area contributed by atoms with E-state index < -0.39 is 24.2 Å². The number of hydrogen-bond donors (Lipinski definition) is 0. The number of nitriles is 1. The molecule has 98 valence electrons. The molecule has 3 nitrogen and oxygen atoms in total. The Morgan fingerprint density at radius 2 is 2.06 bits per heavy atom. The van der Waals surface area contributed by atoms with Crippen LogP contribution in [0.4, 0.5) is 22.0 Å². The van der Waals surface area contributed by atoms with Gasteiger partial charge >= 0.3 is 6.36 Å². The van der Waals surface area contributed by atoms with Gasteiger partial charge in [-0.15, -0.1) is 13.2 Å². The monoisotopic (exact) mass is 330 g/mol. The molecule has 0 fully saturated rings. The fraction of sp³-hybridized carbons (Fsp3) is 0.333. The fourth-order valence-corrected chi connectivity index (χ4v) is 1.54. The van der Waals surface area contributed by atoms with Crippen molar-refractivity contribution in [1.82, 2.24) is 4.98 Å². The van der Waals surface area contributed by atoms with E-state index in [4.69, 9.17) is 5.26 Å². The maximum absolute atomic E-state index is 12.5. The molecular weight excluding hydrogens is 327 g/mol. The van der Waals surface area contributed by atoms with Crippen LogP contribution >= 0.6 is 15.9 Å². The maximum atomic E-state index is 12.5. The van der Waals surface area contributed by atoms with E-state index in [-0.39, 0.29) is 16.6 Å². The summed E-state index contributed by atoms with van der Waals surface area (Å²) in [6, 6.07) is 2.39. The Morgan fingerprint density at radius 3 is 2.50 bits per heavy atom. The van der Waals surface area contributed by atoms with Crippen LogP contribution < -0.4 is 4.74 Å². The number of hydrogen-bond acceptors (Lipinski definition) is 3. The summed E-state index contributed by atoms with van der Waals surface area (Å²) in [5, 5.41) is 8.44. The molecule has 1 aromatic heterocycles. The lowest BCUT2D eigenvalue weighted by atomic mass is 10.2. The van der Waals surface area contributed by atoms with Crippen molar-refractivity contribution in [2.75, 3.05) is 0 Å². The van der Waals surface area contributed by atoms with E-state index in [1.165, 1.54) is 0 Å². The van der Waals surface area contributed by atoms with Crippen molar-refractivity contribution in [2.45, 2.75) is 19.2 Å². The molecule has 0 aromatic carbocycles. The molecule has 0 spiro atoms. The smallest absolute Gasteiger partial charge is 0.404 e. The molecule has 0 unspecified atom stereocenters. The van der Waals surface area contributed by atoms with Crippen molar-refractivity contribution >= 4 is 15.9 Å². The molecule has 0 aliphatic heterocycles. The second kappa shape index (κ2) is 5.48. The normalized spacial score (nSPS) is 11.4. The SMILES string of the molecule is N#CCc1cc(OC(F)(F)F)c(C(F)F)nc1Br. The van der Waals surface area contributed by atoms with E-state index in [0.717, 1.165) is 6.07 Å². The third-order valence-corrected chi connectivity index (χ3v) is 2.43. The van der Waals surface area contributed by atoms with E-state index in [9.17, 15) is 22.0 Å². The summed E-state index contributed by atoms with van der Waals surface area (Å²) in [5.41, 5.74) is -1.11. The van der Waals surface area contributed by atoms with Crippen molar-refractivity contribution < 1.29 is 26.7 Å². The summed E-state index contributed by atoms with van der Waals surface area (Å²) >= 11 is 2.80. The molecule has 9 heteroatoms. The fourth-order valence-electron chi connectivity index (χ4n) is 1.10. The van der Waals surface area contributed by atoms with Gasteiger partial charge in [0.25, 0.3) is 6.43 Å². The second-order valence-electron chi connectivity index (χ2n) is 3.01. The number of halogens is 6. The van der Waals surface area contributed by atoms with E-state index >= 15 is 0 Å². The second-order valence-corrected chi connectivity index (χ2v) is 3.76. The quantitative estimate of drug-likeness (QED) is 0.626. The summed E-state index contributed by atoms with van der Waals surface area (Å²) in [7, 11) is 0. The highest BCUT2D eigenvalue weighted by molar-refractivity contribution is 9.10. The molecule has 0 saturated heterocycles. The van der Waals surface area contributed by atoms with Crippen molar-refractivity contribution in [3.63, 3.8) is 0 Å². The first-order valence-corrected chi connectivity index (χ1v) is 5.14. The highest BCUT2D eigenvalue weighted by Gasteiger charge is 2.34. The molecule has 0 aliphatic carbocycles. The van der Waals surface area contributed by atoms with E-state index in [1.54, 1.807) is 6.07 Å². The van der Waals surface area contributed by atoms with Crippen LogP contribution in [0.5, 0.6) is 5.75 Å². The predicted octanol–water partition coefficient (Wildman–Crippen LogP) is 3.75. The zero-order valence-electron chi connectivity index (χ0n) is 8.43. The molecule has 0 saturated carbocycles. The topological polar surface area (TPSA) is 45.9 Å². The van der Waals surface area contributed by atoms with Gasteiger partial charge in [-0.3, -0.25) is 0 Å². The number of pyridine rings is 1. The Balaban J connectivity index is 3.27. The van der Waals surface area contributed by atoms with Crippen molar-refractivity contribution in [3.8, 4) is 11.8 Å². The largest absolute Gasteiger partial charge is 0.573 e. The number of rotatable bonds is 3. The highest BCUT2D eigenvalue weighted by atomic mass is 79.9. The van der Waals surface area contributed by atoms with Crippen LogP contribution in [-0.2, 0) is 6.42 Å². The van der Waals surface area contributed by atoms with Crippen LogP contribution in [0.2, 0.25) is 0 Å². The lowest BCUT2D eigenvalue weighted by Crippen LogP contribution is -2.19. The van der Waals surface area contributed by atoms with Gasteiger partial charge in [0.2, 0.25) is 0 Å². The minimum absolute atomic E-state index is 0.0288. The van der Waals surface area contributed by atoms with Crippen LogP contribution in [0.3, 0.4) is 0 Å². The molecule has 18 heavy (non-hydrogen) atoms. The summed E-state index contributed by atoms with van der Waals surface area (Å²) in [4.78, 5) is 3.27. The first-order valence-electron chi connectivity index (χ1n) is 4.34. The molecule has 1 aromatic rings. The summed E-state index contributed by atoms with van der Waals surface area (Å²) in [5.74, 6) is -1.11. The minimum atomic E-state index is -5.11. The van der Waals surface area contributed by atoms with Gasteiger partial charge in [0, 0.05) is 5.56 Å². The predicted molar refractivity (Wildman–Crippen MR) is 52.9 cm³/mol. The molecule has 0 aliphatic rings. The average Bonchev–Trinajstić information content (AvgIpc) is 2.20. The molecule has 1 heterocycles. The Hall–Kier alpha value is -1.43. The van der Waals surface area contributed by atoms with Gasteiger partial charge in [-0.2, -0.15) is 5.26 Å². The van der Waals surface area contributed by atoms with Gasteiger partial charge in [0.1, 0.15) is 10.3 Å². The van der Waals surface area contributed by atoms with Gasteiger partial charge in [-0.05, 0) is 22.0 Å². The highest BCUT2D eigenvalue weighted by Crippen LogP contribution is 2.34. The zero-order chi connectivity index (χ0) is 13.9. The molecule has 0 bridgehead atoms. The number of alkyl halides is 5. The first-order chi connectivity index (χ1) is 8.24. The van der Waals surface area contributed by atoms with Gasteiger partial charge < -0.3 is 4.74 Å². The molecule has 0 amide bonds. The summed E-state index contributed by atoms with van der Waals surface area (Å²) in [6.45, 7) is 0. The lowest BCUT2D eigenvalue weighted by Gasteiger charge is -2.13. The Kier molecular flexibility index (Phi) is 4.45. The zero-order valence-corrected chi connectivity index (χ0v) is 10.0. The van der Waals surface area contributed by atoms with Crippen LogP contribution in [0.15, 0.2) is 10.7 Å². The standard InChI is InChI=1S/C9H4BrF5N2O/c10-7-4(1-2-16)3-5(18-9(13,14)15)6(17-7)8(11)12/h3,8H,1H2. The van der Waals surface area contributed by atoms with Gasteiger partial charge in [-0.1, -0.05) is 0 Å². The van der Waals surface area contributed by atoms with Crippen molar-refractivity contribution in [3.05, 3.63) is 21.9 Å². The van der Waals surface area contributed by atoms with Crippen molar-refractivity contribution in [2.24, 2.45) is 0 Å². The van der Waals surface area contributed by atoms with Crippen LogP contribution in [0.1, 0.15) is 17.7 Å². The lowest BCUT2D eigenvalue weighted by molar-refractivity contribution is -0.275. The molecular formula is C9H4BrF5N2O. The van der Waals surface area contributed by atoms with Gasteiger partial charge in [0.05, 0.1) is 12.5 Å². The maximum Gasteiger partial charge on any atom is 0.573 e. The third kappa shape index (κ3) is 3.80. The Morgan fingerprint density at radius 1 is 1.44 bits per heavy atom. The summed E-state index contributed by atoms with van der Waals surface area (Å²) < 4.78 is 64.4. The molecule has 0 radical (unpaired) electrons. The Bertz CT molecular complexity index is 483. The third-order valence-electron chi connectivity index (χ3n) is 1.74. The number of ether oxygens (including phenoxy) is 1. The van der Waals surface area contributed by atoms with E-state index in [0.29, 0.717) is 0 Å². The summed E-state index contributed by atoms with van der Waals surface area (Å²) in [6.07, 6.45) is -8.62.